The molecule has 0 spiro atoms. The monoisotopic (exact) mass is 260 g/mol. The van der Waals surface area contributed by atoms with Crippen molar-refractivity contribution < 1.29 is 13.9 Å². The van der Waals surface area contributed by atoms with Gasteiger partial charge in [-0.05, 0) is 31.2 Å². The number of methoxy groups -OCH3 is 1. The van der Waals surface area contributed by atoms with E-state index in [2.05, 4.69) is 5.32 Å². The standard InChI is InChI=1S/C14H16N2O3/c1-9(13-4-3-7-19-13)16-14(17)11-6-5-10(18-2)8-12(11)15/h3-9H,15H2,1-2H3,(H,16,17). The molecule has 1 heterocycles. The Bertz CT molecular complexity index is 564. The Morgan fingerprint density at radius 3 is 2.79 bits per heavy atom. The molecule has 0 bridgehead atoms. The van der Waals surface area contributed by atoms with Gasteiger partial charge in [-0.25, -0.2) is 0 Å². The molecule has 1 unspecified atom stereocenters. The van der Waals surface area contributed by atoms with E-state index in [0.717, 1.165) is 0 Å². The van der Waals surface area contributed by atoms with Gasteiger partial charge >= 0.3 is 0 Å². The molecule has 5 heteroatoms. The summed E-state index contributed by atoms with van der Waals surface area (Å²) in [6, 6.07) is 8.32. The zero-order chi connectivity index (χ0) is 13.8. The van der Waals surface area contributed by atoms with Crippen LogP contribution in [0.2, 0.25) is 0 Å². The van der Waals surface area contributed by atoms with Gasteiger partial charge in [0.1, 0.15) is 11.5 Å². The van der Waals surface area contributed by atoms with E-state index >= 15 is 0 Å². The molecule has 0 radical (unpaired) electrons. The lowest BCUT2D eigenvalue weighted by Crippen LogP contribution is -2.27. The number of hydrogen-bond donors (Lipinski definition) is 2. The summed E-state index contributed by atoms with van der Waals surface area (Å²) in [4.78, 5) is 12.1. The van der Waals surface area contributed by atoms with Crippen molar-refractivity contribution in [2.75, 3.05) is 12.8 Å². The molecule has 0 aliphatic rings. The average molecular weight is 260 g/mol. The highest BCUT2D eigenvalue weighted by Gasteiger charge is 2.15. The third-order valence-corrected chi connectivity index (χ3v) is 2.82. The molecular weight excluding hydrogens is 244 g/mol. The van der Waals surface area contributed by atoms with Crippen LogP contribution in [0.25, 0.3) is 0 Å². The molecule has 2 rings (SSSR count). The summed E-state index contributed by atoms with van der Waals surface area (Å²) in [5, 5.41) is 2.82. The molecular formula is C14H16N2O3. The van der Waals surface area contributed by atoms with Gasteiger partial charge in [-0.2, -0.15) is 0 Å². The maximum absolute atomic E-state index is 12.1. The van der Waals surface area contributed by atoms with Gasteiger partial charge in [0.05, 0.1) is 25.0 Å². The molecule has 1 atom stereocenters. The van der Waals surface area contributed by atoms with E-state index in [1.807, 2.05) is 13.0 Å². The topological polar surface area (TPSA) is 77.5 Å². The molecule has 5 nitrogen and oxygen atoms in total. The Kier molecular flexibility index (Phi) is 3.75. The van der Waals surface area contributed by atoms with Crippen LogP contribution in [0, 0.1) is 0 Å². The second kappa shape index (κ2) is 5.48. The summed E-state index contributed by atoms with van der Waals surface area (Å²) in [5.74, 6) is 1.07. The van der Waals surface area contributed by atoms with Gasteiger partial charge in [0.25, 0.3) is 5.91 Å². The van der Waals surface area contributed by atoms with Gasteiger partial charge < -0.3 is 20.2 Å². The van der Waals surface area contributed by atoms with Crippen molar-refractivity contribution in [3.8, 4) is 5.75 Å². The lowest BCUT2D eigenvalue weighted by Gasteiger charge is -2.13. The van der Waals surface area contributed by atoms with Crippen LogP contribution in [-0.4, -0.2) is 13.0 Å². The Hall–Kier alpha value is -2.43. The average Bonchev–Trinajstić information content (AvgIpc) is 2.92. The molecule has 1 amide bonds. The second-order valence-electron chi connectivity index (χ2n) is 4.16. The summed E-state index contributed by atoms with van der Waals surface area (Å²) in [6.07, 6.45) is 1.57. The second-order valence-corrected chi connectivity index (χ2v) is 4.16. The largest absolute Gasteiger partial charge is 0.497 e. The quantitative estimate of drug-likeness (QED) is 0.827. The molecule has 100 valence electrons. The van der Waals surface area contributed by atoms with Gasteiger partial charge in [-0.3, -0.25) is 4.79 Å². The van der Waals surface area contributed by atoms with Crippen LogP contribution >= 0.6 is 0 Å². The molecule has 0 aliphatic heterocycles. The third-order valence-electron chi connectivity index (χ3n) is 2.82. The van der Waals surface area contributed by atoms with E-state index in [1.54, 1.807) is 37.6 Å². The predicted molar refractivity (Wildman–Crippen MR) is 72.0 cm³/mol. The lowest BCUT2D eigenvalue weighted by atomic mass is 10.1. The number of nitrogen functional groups attached to an aromatic ring is 1. The summed E-state index contributed by atoms with van der Waals surface area (Å²) < 4.78 is 10.3. The van der Waals surface area contributed by atoms with Crippen molar-refractivity contribution >= 4 is 11.6 Å². The van der Waals surface area contributed by atoms with Gasteiger partial charge in [-0.1, -0.05) is 0 Å². The molecule has 2 aromatic rings. The smallest absolute Gasteiger partial charge is 0.253 e. The van der Waals surface area contributed by atoms with Crippen LogP contribution in [0.4, 0.5) is 5.69 Å². The number of benzene rings is 1. The first-order chi connectivity index (χ1) is 9.11. The minimum atomic E-state index is -0.246. The van der Waals surface area contributed by atoms with Crippen LogP contribution in [0.1, 0.15) is 29.1 Å². The zero-order valence-corrected chi connectivity index (χ0v) is 10.8. The number of carbonyl (C=O) groups is 1. The van der Waals surface area contributed by atoms with Gasteiger partial charge in [-0.15, -0.1) is 0 Å². The summed E-state index contributed by atoms with van der Waals surface area (Å²) in [7, 11) is 1.55. The molecule has 0 fully saturated rings. The fourth-order valence-electron chi connectivity index (χ4n) is 1.76. The van der Waals surface area contributed by atoms with E-state index in [9.17, 15) is 4.79 Å². The number of ether oxygens (including phenoxy) is 1. The molecule has 19 heavy (non-hydrogen) atoms. The maximum atomic E-state index is 12.1. The lowest BCUT2D eigenvalue weighted by molar-refractivity contribution is 0.0936. The Morgan fingerprint density at radius 2 is 2.21 bits per heavy atom. The highest BCUT2D eigenvalue weighted by molar-refractivity contribution is 5.99. The minimum absolute atomic E-state index is 0.219. The van der Waals surface area contributed by atoms with E-state index < -0.39 is 0 Å². The number of hydrogen-bond acceptors (Lipinski definition) is 4. The first-order valence-corrected chi connectivity index (χ1v) is 5.89. The molecule has 1 aromatic carbocycles. The zero-order valence-electron chi connectivity index (χ0n) is 10.8. The molecule has 3 N–H and O–H groups in total. The van der Waals surface area contributed by atoms with Gasteiger partial charge in [0.2, 0.25) is 0 Å². The van der Waals surface area contributed by atoms with Crippen molar-refractivity contribution in [2.24, 2.45) is 0 Å². The fourth-order valence-corrected chi connectivity index (χ4v) is 1.76. The van der Waals surface area contributed by atoms with Crippen LogP contribution in [-0.2, 0) is 0 Å². The first kappa shape index (κ1) is 13.0. The van der Waals surface area contributed by atoms with Crippen LogP contribution in [0.5, 0.6) is 5.75 Å². The normalized spacial score (nSPS) is 11.9. The summed E-state index contributed by atoms with van der Waals surface area (Å²) in [6.45, 7) is 1.84. The number of furan rings is 1. The number of nitrogens with two attached hydrogens (primary N) is 1. The Morgan fingerprint density at radius 1 is 1.42 bits per heavy atom. The summed E-state index contributed by atoms with van der Waals surface area (Å²) in [5.41, 5.74) is 6.62. The van der Waals surface area contributed by atoms with Crippen LogP contribution in [0.3, 0.4) is 0 Å². The maximum Gasteiger partial charge on any atom is 0.253 e. The highest BCUT2D eigenvalue weighted by Crippen LogP contribution is 2.21. The van der Waals surface area contributed by atoms with Crippen LogP contribution in [0.15, 0.2) is 41.0 Å². The van der Waals surface area contributed by atoms with Crippen molar-refractivity contribution in [2.45, 2.75) is 13.0 Å². The molecule has 0 saturated heterocycles. The Labute approximate surface area is 111 Å². The van der Waals surface area contributed by atoms with Gasteiger partial charge in [0.15, 0.2) is 0 Å². The van der Waals surface area contributed by atoms with E-state index in [0.29, 0.717) is 22.8 Å². The molecule has 0 saturated carbocycles. The number of nitrogens with one attached hydrogen (secondary N) is 1. The van der Waals surface area contributed by atoms with Gasteiger partial charge in [0, 0.05) is 11.8 Å². The van der Waals surface area contributed by atoms with Crippen molar-refractivity contribution in [3.05, 3.63) is 47.9 Å². The Balaban J connectivity index is 2.12. The van der Waals surface area contributed by atoms with E-state index in [4.69, 9.17) is 14.9 Å². The summed E-state index contributed by atoms with van der Waals surface area (Å²) >= 11 is 0. The molecule has 0 aliphatic carbocycles. The third kappa shape index (κ3) is 2.88. The van der Waals surface area contributed by atoms with E-state index in [-0.39, 0.29) is 11.9 Å². The fraction of sp³-hybridized carbons (Fsp3) is 0.214. The molecule has 1 aromatic heterocycles. The SMILES string of the molecule is COc1ccc(C(=O)NC(C)c2ccco2)c(N)c1. The minimum Gasteiger partial charge on any atom is -0.497 e. The first-order valence-electron chi connectivity index (χ1n) is 5.89. The number of rotatable bonds is 4. The van der Waals surface area contributed by atoms with E-state index in [1.165, 1.54) is 0 Å². The number of carbonyl (C=O) groups excluding carboxylic acids is 1. The number of anilines is 1. The van der Waals surface area contributed by atoms with Crippen molar-refractivity contribution in [1.29, 1.82) is 0 Å². The number of amides is 1. The predicted octanol–water partition coefficient (Wildman–Crippen LogP) is 2.36. The van der Waals surface area contributed by atoms with Crippen molar-refractivity contribution in [1.82, 2.24) is 5.32 Å². The van der Waals surface area contributed by atoms with Crippen LogP contribution < -0.4 is 15.8 Å². The highest BCUT2D eigenvalue weighted by atomic mass is 16.5. The van der Waals surface area contributed by atoms with Crippen molar-refractivity contribution in [3.63, 3.8) is 0 Å².